The fraction of sp³-hybridized carbons (Fsp3) is 0.643. The minimum Gasteiger partial charge on any atom is -0.469 e. The van der Waals surface area contributed by atoms with E-state index >= 15 is 0 Å². The van der Waals surface area contributed by atoms with E-state index in [1.807, 2.05) is 23.1 Å². The molecule has 0 bridgehead atoms. The van der Waals surface area contributed by atoms with Crippen LogP contribution in [0, 0.1) is 5.41 Å². The van der Waals surface area contributed by atoms with Crippen LogP contribution >= 0.6 is 23.1 Å². The van der Waals surface area contributed by atoms with E-state index in [1.165, 1.54) is 29.7 Å². The number of methoxy groups -OCH3 is 1. The number of aryl methyl sites for hydroxylation is 1. The van der Waals surface area contributed by atoms with Crippen molar-refractivity contribution < 1.29 is 9.53 Å². The fourth-order valence-electron chi connectivity index (χ4n) is 1.99. The first-order chi connectivity index (χ1) is 8.67. The second-order valence-corrected chi connectivity index (χ2v) is 7.21. The molecular weight excluding hydrogens is 264 g/mol. The smallest absolute Gasteiger partial charge is 0.306 e. The number of carbonyl (C=O) groups excluding carboxylic acids is 1. The molecule has 0 aromatic carbocycles. The van der Waals surface area contributed by atoms with Gasteiger partial charge in [-0.05, 0) is 42.6 Å². The van der Waals surface area contributed by atoms with E-state index in [9.17, 15) is 4.79 Å². The van der Waals surface area contributed by atoms with Crippen molar-refractivity contribution in [2.75, 3.05) is 12.9 Å². The highest BCUT2D eigenvalue weighted by Crippen LogP contribution is 2.51. The number of thioether (sulfide) groups is 1. The zero-order chi connectivity index (χ0) is 13.0. The van der Waals surface area contributed by atoms with E-state index < -0.39 is 0 Å². The maximum absolute atomic E-state index is 11.3. The van der Waals surface area contributed by atoms with Crippen LogP contribution in [0.15, 0.2) is 12.1 Å². The van der Waals surface area contributed by atoms with Crippen LogP contribution in [0.2, 0.25) is 0 Å². The van der Waals surface area contributed by atoms with Crippen LogP contribution in [-0.2, 0) is 21.7 Å². The second kappa shape index (κ2) is 6.11. The Hall–Kier alpha value is -0.480. The third-order valence-corrected chi connectivity index (χ3v) is 6.17. The number of thiophene rings is 1. The molecule has 0 saturated heterocycles. The van der Waals surface area contributed by atoms with E-state index in [2.05, 4.69) is 19.1 Å². The van der Waals surface area contributed by atoms with Crippen molar-refractivity contribution in [1.29, 1.82) is 0 Å². The topological polar surface area (TPSA) is 26.3 Å². The van der Waals surface area contributed by atoms with Crippen LogP contribution in [0.1, 0.15) is 35.9 Å². The summed E-state index contributed by atoms with van der Waals surface area (Å²) in [4.78, 5) is 14.2. The lowest BCUT2D eigenvalue weighted by molar-refractivity contribution is -0.141. The summed E-state index contributed by atoms with van der Waals surface area (Å²) >= 11 is 3.86. The maximum atomic E-state index is 11.3. The van der Waals surface area contributed by atoms with Gasteiger partial charge in [0.15, 0.2) is 0 Å². The lowest BCUT2D eigenvalue weighted by atomic mass is 10.1. The van der Waals surface area contributed by atoms with Gasteiger partial charge in [0.2, 0.25) is 0 Å². The van der Waals surface area contributed by atoms with Gasteiger partial charge in [-0.25, -0.2) is 0 Å². The number of esters is 1. The molecule has 1 aromatic heterocycles. The molecule has 0 atom stereocenters. The molecule has 100 valence electrons. The average molecular weight is 284 g/mol. The Morgan fingerprint density at radius 2 is 2.17 bits per heavy atom. The predicted molar refractivity (Wildman–Crippen MR) is 78.2 cm³/mol. The summed E-state index contributed by atoms with van der Waals surface area (Å²) in [7, 11) is 1.48. The molecule has 18 heavy (non-hydrogen) atoms. The van der Waals surface area contributed by atoms with Crippen molar-refractivity contribution in [3.8, 4) is 0 Å². The first-order valence-corrected chi connectivity index (χ1v) is 8.37. The minimum atomic E-state index is -0.0579. The zero-order valence-electron chi connectivity index (χ0n) is 11.0. The van der Waals surface area contributed by atoms with Crippen molar-refractivity contribution in [3.63, 3.8) is 0 Å². The Labute approximate surface area is 117 Å². The first-order valence-electron chi connectivity index (χ1n) is 6.39. The molecule has 4 heteroatoms. The van der Waals surface area contributed by atoms with Crippen molar-refractivity contribution in [2.24, 2.45) is 5.41 Å². The summed E-state index contributed by atoms with van der Waals surface area (Å²) in [5, 5.41) is 0. The Balaban J connectivity index is 1.73. The van der Waals surface area contributed by atoms with Gasteiger partial charge in [0, 0.05) is 15.5 Å². The van der Waals surface area contributed by atoms with Crippen molar-refractivity contribution in [1.82, 2.24) is 0 Å². The van der Waals surface area contributed by atoms with Gasteiger partial charge in [0.1, 0.15) is 0 Å². The first kappa shape index (κ1) is 13.9. The standard InChI is InChI=1S/C14H20O2S2/c1-3-11-4-5-12(18-11)9-17-10-14(6-7-14)8-13(15)16-2/h4-5H,3,6-10H2,1-2H3. The molecule has 0 unspecified atom stereocenters. The van der Waals surface area contributed by atoms with Gasteiger partial charge in [0.05, 0.1) is 13.5 Å². The van der Waals surface area contributed by atoms with Gasteiger partial charge in [0.25, 0.3) is 0 Å². The third-order valence-electron chi connectivity index (χ3n) is 3.42. The highest BCUT2D eigenvalue weighted by molar-refractivity contribution is 7.98. The van der Waals surface area contributed by atoms with E-state index in [0.29, 0.717) is 6.42 Å². The predicted octanol–water partition coefficient (Wildman–Crippen LogP) is 3.89. The zero-order valence-corrected chi connectivity index (χ0v) is 12.7. The number of hydrogen-bond donors (Lipinski definition) is 0. The highest BCUT2D eigenvalue weighted by Gasteiger charge is 2.44. The SMILES string of the molecule is CCc1ccc(CSCC2(CC(=O)OC)CC2)s1. The summed E-state index contributed by atoms with van der Waals surface area (Å²) < 4.78 is 4.76. The van der Waals surface area contributed by atoms with E-state index in [1.54, 1.807) is 0 Å². The molecule has 1 aliphatic rings. The van der Waals surface area contributed by atoms with E-state index in [0.717, 1.165) is 17.9 Å². The molecule has 0 aliphatic heterocycles. The minimum absolute atomic E-state index is 0.0579. The second-order valence-electron chi connectivity index (χ2n) is 4.97. The molecule has 1 fully saturated rings. The summed E-state index contributed by atoms with van der Waals surface area (Å²) in [6.45, 7) is 2.19. The van der Waals surface area contributed by atoms with E-state index in [4.69, 9.17) is 4.74 Å². The molecule has 1 aliphatic carbocycles. The number of carbonyl (C=O) groups is 1. The number of hydrogen-bond acceptors (Lipinski definition) is 4. The van der Waals surface area contributed by atoms with Crippen molar-refractivity contribution >= 4 is 29.1 Å². The van der Waals surface area contributed by atoms with Gasteiger partial charge in [-0.15, -0.1) is 11.3 Å². The Bertz CT molecular complexity index is 408. The van der Waals surface area contributed by atoms with Crippen LogP contribution in [0.4, 0.5) is 0 Å². The van der Waals surface area contributed by atoms with Gasteiger partial charge in [-0.2, -0.15) is 11.8 Å². The lowest BCUT2D eigenvalue weighted by Gasteiger charge is -2.12. The fourth-order valence-corrected chi connectivity index (χ4v) is 4.45. The number of rotatable bonds is 7. The summed E-state index contributed by atoms with van der Waals surface area (Å²) in [5.41, 5.74) is 0.253. The molecule has 1 saturated carbocycles. The number of ether oxygens (including phenoxy) is 1. The van der Waals surface area contributed by atoms with Gasteiger partial charge < -0.3 is 4.74 Å². The molecule has 1 heterocycles. The quantitative estimate of drug-likeness (QED) is 0.711. The molecule has 0 amide bonds. The Kier molecular flexibility index (Phi) is 4.73. The Morgan fingerprint density at radius 3 is 2.72 bits per heavy atom. The molecule has 0 N–H and O–H groups in total. The molecule has 2 rings (SSSR count). The summed E-state index contributed by atoms with van der Waals surface area (Å²) in [6, 6.07) is 4.46. The molecule has 2 nitrogen and oxygen atoms in total. The van der Waals surface area contributed by atoms with Crippen LogP contribution in [0.25, 0.3) is 0 Å². The highest BCUT2D eigenvalue weighted by atomic mass is 32.2. The Morgan fingerprint density at radius 1 is 1.44 bits per heavy atom. The molecule has 0 radical (unpaired) electrons. The summed E-state index contributed by atoms with van der Waals surface area (Å²) in [5.74, 6) is 2.10. The van der Waals surface area contributed by atoms with Crippen molar-refractivity contribution in [3.05, 3.63) is 21.9 Å². The van der Waals surface area contributed by atoms with Gasteiger partial charge in [-0.3, -0.25) is 4.79 Å². The van der Waals surface area contributed by atoms with Crippen LogP contribution in [0.3, 0.4) is 0 Å². The van der Waals surface area contributed by atoms with E-state index in [-0.39, 0.29) is 11.4 Å². The van der Waals surface area contributed by atoms with Crippen molar-refractivity contribution in [2.45, 2.75) is 38.4 Å². The molecular formula is C14H20O2S2. The normalized spacial score (nSPS) is 16.6. The lowest BCUT2D eigenvalue weighted by Crippen LogP contribution is -2.13. The van der Waals surface area contributed by atoms with Gasteiger partial charge >= 0.3 is 5.97 Å². The average Bonchev–Trinajstić information content (AvgIpc) is 2.97. The van der Waals surface area contributed by atoms with Gasteiger partial charge in [-0.1, -0.05) is 6.92 Å². The molecule has 1 aromatic rings. The maximum Gasteiger partial charge on any atom is 0.306 e. The molecule has 0 spiro atoms. The van der Waals surface area contributed by atoms with Crippen LogP contribution in [-0.4, -0.2) is 18.8 Å². The summed E-state index contributed by atoms with van der Waals surface area (Å²) in [6.07, 6.45) is 4.09. The largest absolute Gasteiger partial charge is 0.469 e. The van der Waals surface area contributed by atoms with Crippen LogP contribution < -0.4 is 0 Å². The third kappa shape index (κ3) is 3.75. The van der Waals surface area contributed by atoms with Crippen LogP contribution in [0.5, 0.6) is 0 Å². The monoisotopic (exact) mass is 284 g/mol.